The maximum Gasteiger partial charge on any atom is 0.251 e. The lowest BCUT2D eigenvalue weighted by molar-refractivity contribution is 0.0939. The second-order valence-electron chi connectivity index (χ2n) is 8.15. The summed E-state index contributed by atoms with van der Waals surface area (Å²) >= 11 is 0. The Hall–Kier alpha value is -4.39. The molecule has 0 aliphatic rings. The zero-order valence-corrected chi connectivity index (χ0v) is 20.4. The maximum absolute atomic E-state index is 13.0. The first-order chi connectivity index (χ1) is 17.6. The van der Waals surface area contributed by atoms with Gasteiger partial charge in [-0.3, -0.25) is 14.8 Å². The van der Waals surface area contributed by atoms with Crippen molar-refractivity contribution in [3.8, 4) is 17.2 Å². The third kappa shape index (κ3) is 6.82. The van der Waals surface area contributed by atoms with Crippen molar-refractivity contribution in [2.24, 2.45) is 0 Å². The molecule has 184 valence electrons. The Morgan fingerprint density at radius 3 is 2.33 bits per heavy atom. The highest BCUT2D eigenvalue weighted by molar-refractivity contribution is 5.95. The molecule has 4 aromatic rings. The number of carbonyl (C=O) groups excluding carboxylic acids is 1. The van der Waals surface area contributed by atoms with E-state index in [1.165, 1.54) is 0 Å². The second kappa shape index (κ2) is 12.4. The van der Waals surface area contributed by atoms with Crippen LogP contribution >= 0.6 is 0 Å². The lowest BCUT2D eigenvalue weighted by atomic mass is 10.1. The zero-order valence-electron chi connectivity index (χ0n) is 20.4. The van der Waals surface area contributed by atoms with Crippen molar-refractivity contribution in [1.82, 2.24) is 15.3 Å². The Morgan fingerprint density at radius 1 is 0.833 bits per heavy atom. The quantitative estimate of drug-likeness (QED) is 0.302. The number of benzene rings is 2. The normalized spacial score (nSPS) is 11.4. The summed E-state index contributed by atoms with van der Waals surface area (Å²) in [7, 11) is 0. The van der Waals surface area contributed by atoms with Gasteiger partial charge in [-0.1, -0.05) is 18.2 Å². The van der Waals surface area contributed by atoms with E-state index in [1.807, 2.05) is 62.4 Å². The van der Waals surface area contributed by atoms with Crippen LogP contribution in [0.25, 0.3) is 0 Å². The van der Waals surface area contributed by atoms with Gasteiger partial charge < -0.3 is 19.5 Å². The van der Waals surface area contributed by atoms with Crippen LogP contribution in [-0.2, 0) is 13.2 Å². The van der Waals surface area contributed by atoms with Crippen molar-refractivity contribution >= 4 is 5.91 Å². The fourth-order valence-corrected chi connectivity index (χ4v) is 3.54. The molecule has 0 saturated carbocycles. The molecule has 2 heterocycles. The van der Waals surface area contributed by atoms with E-state index < -0.39 is 0 Å². The highest BCUT2D eigenvalue weighted by Crippen LogP contribution is 2.30. The predicted octanol–water partition coefficient (Wildman–Crippen LogP) is 5.52. The molecule has 0 saturated heterocycles. The van der Waals surface area contributed by atoms with Gasteiger partial charge >= 0.3 is 0 Å². The van der Waals surface area contributed by atoms with E-state index in [0.29, 0.717) is 36.9 Å². The van der Waals surface area contributed by atoms with E-state index in [-0.39, 0.29) is 11.9 Å². The van der Waals surface area contributed by atoms with Gasteiger partial charge in [0.2, 0.25) is 0 Å². The molecule has 1 N–H and O–H groups in total. The smallest absolute Gasteiger partial charge is 0.251 e. The molecule has 36 heavy (non-hydrogen) atoms. The molecule has 1 unspecified atom stereocenters. The molecule has 2 aromatic heterocycles. The van der Waals surface area contributed by atoms with Gasteiger partial charge in [0.05, 0.1) is 12.6 Å². The first-order valence-corrected chi connectivity index (χ1v) is 11.8. The SMILES string of the molecule is CCOc1cc(C(=O)NC(C)c2ccc(OCc3cccnc3)cc2)ccc1OCc1ccncc1. The van der Waals surface area contributed by atoms with Crippen LogP contribution in [0, 0.1) is 0 Å². The lowest BCUT2D eigenvalue weighted by Crippen LogP contribution is -2.26. The fourth-order valence-electron chi connectivity index (χ4n) is 3.54. The van der Waals surface area contributed by atoms with Gasteiger partial charge in [0.1, 0.15) is 19.0 Å². The number of amides is 1. The number of hydrogen-bond acceptors (Lipinski definition) is 6. The van der Waals surface area contributed by atoms with E-state index in [2.05, 4.69) is 15.3 Å². The molecular formula is C29H29N3O4. The van der Waals surface area contributed by atoms with E-state index in [1.54, 1.807) is 43.0 Å². The van der Waals surface area contributed by atoms with Crippen LogP contribution in [0.4, 0.5) is 0 Å². The first kappa shape index (κ1) is 24.7. The third-order valence-corrected chi connectivity index (χ3v) is 5.51. The van der Waals surface area contributed by atoms with Gasteiger partial charge in [-0.15, -0.1) is 0 Å². The number of ether oxygens (including phenoxy) is 3. The summed E-state index contributed by atoms with van der Waals surface area (Å²) in [5.74, 6) is 1.67. The number of rotatable bonds is 11. The molecule has 0 aliphatic heterocycles. The predicted molar refractivity (Wildman–Crippen MR) is 137 cm³/mol. The number of hydrogen-bond donors (Lipinski definition) is 1. The summed E-state index contributed by atoms with van der Waals surface area (Å²) in [6, 6.07) is 20.4. The minimum Gasteiger partial charge on any atom is -0.490 e. The highest BCUT2D eigenvalue weighted by atomic mass is 16.5. The molecule has 1 atom stereocenters. The molecule has 2 aromatic carbocycles. The van der Waals surface area contributed by atoms with Crippen LogP contribution in [0.5, 0.6) is 17.2 Å². The number of pyridine rings is 2. The molecular weight excluding hydrogens is 454 g/mol. The first-order valence-electron chi connectivity index (χ1n) is 11.8. The molecule has 1 amide bonds. The minimum absolute atomic E-state index is 0.192. The molecule has 0 bridgehead atoms. The van der Waals surface area contributed by atoms with E-state index >= 15 is 0 Å². The topological polar surface area (TPSA) is 82.6 Å². The van der Waals surface area contributed by atoms with Gasteiger partial charge in [0.15, 0.2) is 11.5 Å². The average molecular weight is 484 g/mol. The van der Waals surface area contributed by atoms with E-state index in [9.17, 15) is 4.79 Å². The zero-order chi connectivity index (χ0) is 25.2. The Labute approximate surface area is 211 Å². The lowest BCUT2D eigenvalue weighted by Gasteiger charge is -2.17. The molecule has 0 radical (unpaired) electrons. The molecule has 7 nitrogen and oxygen atoms in total. The van der Waals surface area contributed by atoms with Crippen molar-refractivity contribution in [2.45, 2.75) is 33.1 Å². The Balaban J connectivity index is 1.36. The maximum atomic E-state index is 13.0. The molecule has 0 aliphatic carbocycles. The minimum atomic E-state index is -0.193. The number of nitrogens with one attached hydrogen (secondary N) is 1. The number of nitrogens with zero attached hydrogens (tertiary/aromatic N) is 2. The van der Waals surface area contributed by atoms with Crippen LogP contribution < -0.4 is 19.5 Å². The van der Waals surface area contributed by atoms with Gasteiger partial charge in [-0.25, -0.2) is 0 Å². The fraction of sp³-hybridized carbons (Fsp3) is 0.207. The summed E-state index contributed by atoms with van der Waals surface area (Å²) in [5, 5.41) is 3.05. The monoisotopic (exact) mass is 483 g/mol. The third-order valence-electron chi connectivity index (χ3n) is 5.51. The van der Waals surface area contributed by atoms with E-state index in [0.717, 1.165) is 22.4 Å². The largest absolute Gasteiger partial charge is 0.490 e. The Kier molecular flexibility index (Phi) is 8.48. The molecule has 0 fully saturated rings. The molecule has 0 spiro atoms. The summed E-state index contributed by atoms with van der Waals surface area (Å²) in [6.45, 7) is 5.13. The van der Waals surface area contributed by atoms with Crippen LogP contribution in [0.1, 0.15) is 46.9 Å². The van der Waals surface area contributed by atoms with Crippen LogP contribution in [0.15, 0.2) is 91.5 Å². The summed E-state index contributed by atoms with van der Waals surface area (Å²) in [5.41, 5.74) is 3.47. The van der Waals surface area contributed by atoms with Gasteiger partial charge in [-0.05, 0) is 73.5 Å². The standard InChI is InChI=1S/C29H29N3O4/c1-3-34-28-17-25(8-11-27(28)36-19-22-12-15-30-16-13-22)29(33)32-21(2)24-6-9-26(10-7-24)35-20-23-5-4-14-31-18-23/h4-18,21H,3,19-20H2,1-2H3,(H,32,33). The van der Waals surface area contributed by atoms with Gasteiger partial charge in [0, 0.05) is 35.9 Å². The average Bonchev–Trinajstić information content (AvgIpc) is 2.92. The molecule has 4 rings (SSSR count). The van der Waals surface area contributed by atoms with Gasteiger partial charge in [0.25, 0.3) is 5.91 Å². The Bertz CT molecular complexity index is 1250. The summed E-state index contributed by atoms with van der Waals surface area (Å²) < 4.78 is 17.5. The van der Waals surface area contributed by atoms with E-state index in [4.69, 9.17) is 14.2 Å². The number of carbonyl (C=O) groups is 1. The van der Waals surface area contributed by atoms with Crippen LogP contribution in [-0.4, -0.2) is 22.5 Å². The highest BCUT2D eigenvalue weighted by Gasteiger charge is 2.15. The summed E-state index contributed by atoms with van der Waals surface area (Å²) in [6.07, 6.45) is 6.96. The number of aromatic nitrogens is 2. The molecule has 7 heteroatoms. The van der Waals surface area contributed by atoms with Crippen molar-refractivity contribution in [2.75, 3.05) is 6.61 Å². The Morgan fingerprint density at radius 2 is 1.61 bits per heavy atom. The van der Waals surface area contributed by atoms with Crippen molar-refractivity contribution in [1.29, 1.82) is 0 Å². The summed E-state index contributed by atoms with van der Waals surface area (Å²) in [4.78, 5) is 21.1. The van der Waals surface area contributed by atoms with Crippen molar-refractivity contribution < 1.29 is 19.0 Å². The van der Waals surface area contributed by atoms with Gasteiger partial charge in [-0.2, -0.15) is 0 Å². The second-order valence-corrected chi connectivity index (χ2v) is 8.15. The van der Waals surface area contributed by atoms with Crippen LogP contribution in [0.2, 0.25) is 0 Å². The van der Waals surface area contributed by atoms with Crippen LogP contribution in [0.3, 0.4) is 0 Å². The van der Waals surface area contributed by atoms with Crippen molar-refractivity contribution in [3.63, 3.8) is 0 Å². The van der Waals surface area contributed by atoms with Crippen molar-refractivity contribution in [3.05, 3.63) is 114 Å².